The van der Waals surface area contributed by atoms with Crippen LogP contribution in [0, 0.1) is 24.7 Å². The Labute approximate surface area is 125 Å². The van der Waals surface area contributed by atoms with Gasteiger partial charge in [0.1, 0.15) is 0 Å². The molecule has 112 valence electrons. The van der Waals surface area contributed by atoms with Crippen molar-refractivity contribution in [2.24, 2.45) is 5.92 Å². The van der Waals surface area contributed by atoms with Gasteiger partial charge in [-0.05, 0) is 43.5 Å². The number of nitrogens with one attached hydrogen (secondary N) is 1. The first kappa shape index (κ1) is 15.6. The Balaban J connectivity index is 2.05. The number of carbonyl (C=O) groups is 1. The number of aryl methyl sites for hydroxylation is 1. The predicted molar refractivity (Wildman–Crippen MR) is 81.9 cm³/mol. The van der Waals surface area contributed by atoms with Crippen LogP contribution in [0.5, 0.6) is 0 Å². The number of benzene rings is 1. The first-order valence-electron chi connectivity index (χ1n) is 7.29. The van der Waals surface area contributed by atoms with Crippen LogP contribution in [-0.2, 0) is 9.53 Å². The van der Waals surface area contributed by atoms with Crippen LogP contribution in [0.2, 0.25) is 0 Å². The largest absolute Gasteiger partial charge is 0.395 e. The van der Waals surface area contributed by atoms with Crippen molar-refractivity contribution in [2.75, 3.05) is 25.1 Å². The molecule has 21 heavy (non-hydrogen) atoms. The van der Waals surface area contributed by atoms with Crippen molar-refractivity contribution in [1.29, 1.82) is 0 Å². The summed E-state index contributed by atoms with van der Waals surface area (Å²) in [5.41, 5.74) is 2.65. The lowest BCUT2D eigenvalue weighted by atomic mass is 10.0. The second-order valence-electron chi connectivity index (χ2n) is 5.27. The minimum Gasteiger partial charge on any atom is -0.395 e. The van der Waals surface area contributed by atoms with Crippen LogP contribution in [0.25, 0.3) is 0 Å². The first-order valence-corrected chi connectivity index (χ1v) is 7.29. The molecule has 1 aliphatic rings. The van der Waals surface area contributed by atoms with E-state index in [9.17, 15) is 4.79 Å². The fraction of sp³-hybridized carbons (Fsp3) is 0.471. The monoisotopic (exact) mass is 287 g/mol. The number of aliphatic hydroxyl groups is 1. The highest BCUT2D eigenvalue weighted by Gasteiger charge is 2.21. The van der Waals surface area contributed by atoms with E-state index in [1.807, 2.05) is 25.1 Å². The molecule has 0 aliphatic carbocycles. The van der Waals surface area contributed by atoms with Crippen LogP contribution in [-0.4, -0.2) is 30.8 Å². The molecule has 0 aromatic heterocycles. The second kappa shape index (κ2) is 7.82. The molecular formula is C17H21NO3. The Hall–Kier alpha value is -1.83. The molecule has 1 unspecified atom stereocenters. The summed E-state index contributed by atoms with van der Waals surface area (Å²) in [6.07, 6.45) is 2.26. The van der Waals surface area contributed by atoms with Crippen LogP contribution in [0.15, 0.2) is 18.2 Å². The Morgan fingerprint density at radius 3 is 3.05 bits per heavy atom. The van der Waals surface area contributed by atoms with Gasteiger partial charge in [-0.15, -0.1) is 0 Å². The summed E-state index contributed by atoms with van der Waals surface area (Å²) in [4.78, 5) is 12.2. The number of anilines is 1. The average molecular weight is 287 g/mol. The summed E-state index contributed by atoms with van der Waals surface area (Å²) >= 11 is 0. The van der Waals surface area contributed by atoms with Crippen LogP contribution in [0.4, 0.5) is 5.69 Å². The fourth-order valence-electron chi connectivity index (χ4n) is 2.34. The van der Waals surface area contributed by atoms with Gasteiger partial charge in [0.25, 0.3) is 0 Å². The Morgan fingerprint density at radius 2 is 2.33 bits per heavy atom. The van der Waals surface area contributed by atoms with Crippen LogP contribution < -0.4 is 5.32 Å². The van der Waals surface area contributed by atoms with Gasteiger partial charge in [0.05, 0.1) is 19.1 Å². The predicted octanol–water partition coefficient (Wildman–Crippen LogP) is 2.09. The van der Waals surface area contributed by atoms with Gasteiger partial charge in [0, 0.05) is 24.3 Å². The van der Waals surface area contributed by atoms with Crippen LogP contribution >= 0.6 is 0 Å². The molecule has 1 amide bonds. The van der Waals surface area contributed by atoms with E-state index in [2.05, 4.69) is 17.2 Å². The Bertz CT molecular complexity index is 551. The van der Waals surface area contributed by atoms with E-state index < -0.39 is 0 Å². The van der Waals surface area contributed by atoms with E-state index in [4.69, 9.17) is 9.84 Å². The summed E-state index contributed by atoms with van der Waals surface area (Å²) in [5.74, 6) is 5.83. The van der Waals surface area contributed by atoms with Gasteiger partial charge in [0.15, 0.2) is 0 Å². The van der Waals surface area contributed by atoms with Crippen molar-refractivity contribution in [3.05, 3.63) is 29.3 Å². The van der Waals surface area contributed by atoms with Gasteiger partial charge in [-0.1, -0.05) is 11.8 Å². The van der Waals surface area contributed by atoms with Crippen molar-refractivity contribution in [3.63, 3.8) is 0 Å². The maximum absolute atomic E-state index is 12.2. The number of hydrogen-bond donors (Lipinski definition) is 2. The zero-order valence-electron chi connectivity index (χ0n) is 12.3. The van der Waals surface area contributed by atoms with E-state index in [1.54, 1.807) is 0 Å². The smallest absolute Gasteiger partial charge is 0.229 e. The van der Waals surface area contributed by atoms with Crippen molar-refractivity contribution in [2.45, 2.75) is 26.2 Å². The van der Waals surface area contributed by atoms with Crippen molar-refractivity contribution in [1.82, 2.24) is 0 Å². The highest BCUT2D eigenvalue weighted by molar-refractivity contribution is 5.93. The van der Waals surface area contributed by atoms with E-state index >= 15 is 0 Å². The summed E-state index contributed by atoms with van der Waals surface area (Å²) in [6, 6.07) is 5.75. The van der Waals surface area contributed by atoms with Crippen LogP contribution in [0.3, 0.4) is 0 Å². The molecular weight excluding hydrogens is 266 g/mol. The highest BCUT2D eigenvalue weighted by Crippen LogP contribution is 2.18. The molecule has 1 saturated heterocycles. The fourth-order valence-corrected chi connectivity index (χ4v) is 2.34. The van der Waals surface area contributed by atoms with Crippen LogP contribution in [0.1, 0.15) is 30.4 Å². The van der Waals surface area contributed by atoms with Crippen molar-refractivity contribution < 1.29 is 14.6 Å². The molecule has 1 heterocycles. The third-order valence-electron chi connectivity index (χ3n) is 3.35. The molecule has 2 N–H and O–H groups in total. The summed E-state index contributed by atoms with van der Waals surface area (Å²) < 4.78 is 5.35. The van der Waals surface area contributed by atoms with E-state index in [1.165, 1.54) is 0 Å². The molecule has 0 saturated carbocycles. The maximum atomic E-state index is 12.2. The maximum Gasteiger partial charge on any atom is 0.229 e. The lowest BCUT2D eigenvalue weighted by molar-refractivity contribution is -0.123. The summed E-state index contributed by atoms with van der Waals surface area (Å²) in [5, 5.41) is 11.7. The lowest BCUT2D eigenvalue weighted by Crippen LogP contribution is -2.30. The van der Waals surface area contributed by atoms with Gasteiger partial charge in [-0.3, -0.25) is 4.79 Å². The van der Waals surface area contributed by atoms with Gasteiger partial charge >= 0.3 is 0 Å². The molecule has 1 aromatic rings. The Morgan fingerprint density at radius 1 is 1.48 bits per heavy atom. The van der Waals surface area contributed by atoms with E-state index in [0.29, 0.717) is 13.0 Å². The van der Waals surface area contributed by atoms with Crippen molar-refractivity contribution >= 4 is 11.6 Å². The zero-order chi connectivity index (χ0) is 15.1. The Kier molecular flexibility index (Phi) is 5.79. The van der Waals surface area contributed by atoms with Gasteiger partial charge in [-0.2, -0.15) is 0 Å². The molecule has 1 aliphatic heterocycles. The summed E-state index contributed by atoms with van der Waals surface area (Å²) in [7, 11) is 0. The number of aliphatic hydroxyl groups excluding tert-OH is 1. The molecule has 1 fully saturated rings. The highest BCUT2D eigenvalue weighted by atomic mass is 16.5. The third-order valence-corrected chi connectivity index (χ3v) is 3.35. The topological polar surface area (TPSA) is 58.6 Å². The SMILES string of the molecule is Cc1cc(C#CCCO)cc(NC(=O)C2CCCOC2)c1. The third kappa shape index (κ3) is 4.89. The summed E-state index contributed by atoms with van der Waals surface area (Å²) in [6.45, 7) is 3.28. The number of amides is 1. The number of ether oxygens (including phenoxy) is 1. The minimum absolute atomic E-state index is 0.00886. The molecule has 1 aromatic carbocycles. The zero-order valence-corrected chi connectivity index (χ0v) is 12.3. The minimum atomic E-state index is -0.0665. The van der Waals surface area contributed by atoms with E-state index in [-0.39, 0.29) is 18.4 Å². The lowest BCUT2D eigenvalue weighted by Gasteiger charge is -2.21. The van der Waals surface area contributed by atoms with Gasteiger partial charge in [-0.25, -0.2) is 0 Å². The normalized spacial score (nSPS) is 17.7. The van der Waals surface area contributed by atoms with Gasteiger partial charge < -0.3 is 15.2 Å². The standard InChI is InChI=1S/C17H21NO3/c1-13-9-14(5-2-3-7-19)11-16(10-13)18-17(20)15-6-4-8-21-12-15/h9-11,15,19H,3-4,6-8,12H2,1H3,(H,18,20). The molecule has 0 bridgehead atoms. The molecule has 4 heteroatoms. The average Bonchev–Trinajstić information content (AvgIpc) is 2.48. The van der Waals surface area contributed by atoms with E-state index in [0.717, 1.165) is 36.3 Å². The number of rotatable bonds is 3. The first-order chi connectivity index (χ1) is 10.2. The molecule has 1 atom stereocenters. The number of carbonyl (C=O) groups excluding carboxylic acids is 1. The molecule has 0 radical (unpaired) electrons. The molecule has 0 spiro atoms. The quantitative estimate of drug-likeness (QED) is 0.837. The van der Waals surface area contributed by atoms with Crippen molar-refractivity contribution in [3.8, 4) is 11.8 Å². The van der Waals surface area contributed by atoms with Gasteiger partial charge in [0.2, 0.25) is 5.91 Å². The molecule has 2 rings (SSSR count). The number of hydrogen-bond acceptors (Lipinski definition) is 3. The second-order valence-corrected chi connectivity index (χ2v) is 5.27. The molecule has 4 nitrogen and oxygen atoms in total.